The number of carbonyl (C=O) groups is 5. The van der Waals surface area contributed by atoms with Gasteiger partial charge in [0, 0.05) is 54.1 Å². The van der Waals surface area contributed by atoms with Gasteiger partial charge < -0.3 is 28.5 Å². The zero-order valence-corrected chi connectivity index (χ0v) is 25.6. The standard InChI is InChI=1S/C32H40O11/c1-16(2)27(37)42-28-29(4,5)20(12-22(34)39-7)24-19-8-10-30(6)21(13-23(35)41-26(30)18-9-11-40-14-18)31(19,38)15-32(28,25(24)36)43-17(3)33/h9,11,13-14,16,19-20,24,26,28,38H,8,10,12,15H2,1-7H3. The molecule has 0 radical (unpaired) electrons. The van der Waals surface area contributed by atoms with E-state index in [2.05, 4.69) is 0 Å². The van der Waals surface area contributed by atoms with Crippen LogP contribution in [0.4, 0.5) is 0 Å². The number of rotatable bonds is 6. The lowest BCUT2D eigenvalue weighted by molar-refractivity contribution is -0.262. The van der Waals surface area contributed by atoms with E-state index in [1.165, 1.54) is 25.7 Å². The van der Waals surface area contributed by atoms with Gasteiger partial charge in [0.1, 0.15) is 6.10 Å². The third-order valence-corrected chi connectivity index (χ3v) is 10.4. The SMILES string of the molecule is COC(=O)CC1C2C(=O)C(OC(C)=O)(CC3(O)C4=CC(=O)OC(c5ccoc5)C4(C)CCC23)C(OC(=O)C(C)C)C1(C)C. The summed E-state index contributed by atoms with van der Waals surface area (Å²) in [6, 6.07) is 1.69. The summed E-state index contributed by atoms with van der Waals surface area (Å²) in [4.78, 5) is 66.4. The first-order chi connectivity index (χ1) is 20.0. The first kappa shape index (κ1) is 31.0. The molecular formula is C32H40O11. The lowest BCUT2D eigenvalue weighted by atomic mass is 9.41. The first-order valence-corrected chi connectivity index (χ1v) is 14.7. The maximum Gasteiger partial charge on any atom is 0.331 e. The molecular weight excluding hydrogens is 560 g/mol. The molecule has 8 atom stereocenters. The van der Waals surface area contributed by atoms with Gasteiger partial charge >= 0.3 is 23.9 Å². The lowest BCUT2D eigenvalue weighted by Crippen LogP contribution is -2.77. The zero-order valence-electron chi connectivity index (χ0n) is 25.6. The Hall–Kier alpha value is -3.47. The van der Waals surface area contributed by atoms with Crippen LogP contribution in [-0.2, 0) is 42.9 Å². The van der Waals surface area contributed by atoms with Crippen LogP contribution in [0.2, 0.25) is 0 Å². The third-order valence-electron chi connectivity index (χ3n) is 10.4. The molecule has 2 bridgehead atoms. The van der Waals surface area contributed by atoms with Gasteiger partial charge in [0.2, 0.25) is 5.60 Å². The number of esters is 4. The molecule has 3 saturated carbocycles. The van der Waals surface area contributed by atoms with Gasteiger partial charge in [-0.3, -0.25) is 19.2 Å². The van der Waals surface area contributed by atoms with Crippen LogP contribution in [0, 0.1) is 34.5 Å². The van der Waals surface area contributed by atoms with Gasteiger partial charge in [-0.2, -0.15) is 0 Å². The molecule has 1 N–H and O–H groups in total. The van der Waals surface area contributed by atoms with Crippen LogP contribution in [0.15, 0.2) is 34.7 Å². The molecule has 0 spiro atoms. The number of Topliss-reactive ketones (excluding diaryl/α,β-unsaturated/α-hetero) is 1. The minimum atomic E-state index is -2.09. The van der Waals surface area contributed by atoms with Crippen molar-refractivity contribution >= 4 is 29.7 Å². The number of cyclic esters (lactones) is 1. The third kappa shape index (κ3) is 4.53. The molecule has 3 aliphatic carbocycles. The normalized spacial score (nSPS) is 37.8. The van der Waals surface area contributed by atoms with E-state index in [-0.39, 0.29) is 6.42 Å². The van der Waals surface area contributed by atoms with Gasteiger partial charge in [-0.05, 0) is 30.4 Å². The molecule has 0 saturated heterocycles. The zero-order chi connectivity index (χ0) is 31.7. The van der Waals surface area contributed by atoms with E-state index in [1.807, 2.05) is 6.92 Å². The Morgan fingerprint density at radius 2 is 1.86 bits per heavy atom. The molecule has 2 heterocycles. The van der Waals surface area contributed by atoms with Gasteiger partial charge in [-0.25, -0.2) is 4.79 Å². The van der Waals surface area contributed by atoms with Gasteiger partial charge in [-0.1, -0.05) is 34.6 Å². The van der Waals surface area contributed by atoms with Crippen molar-refractivity contribution < 1.29 is 52.4 Å². The Labute approximate surface area is 250 Å². The molecule has 1 aromatic rings. The number of fused-ring (bicyclic) bond motifs is 6. The number of aliphatic hydroxyl groups is 1. The second kappa shape index (κ2) is 10.3. The molecule has 11 nitrogen and oxygen atoms in total. The smallest absolute Gasteiger partial charge is 0.331 e. The molecule has 3 fully saturated rings. The molecule has 8 unspecified atom stereocenters. The fourth-order valence-electron chi connectivity index (χ4n) is 8.49. The molecule has 1 aliphatic heterocycles. The van der Waals surface area contributed by atoms with Gasteiger partial charge in [0.25, 0.3) is 0 Å². The van der Waals surface area contributed by atoms with E-state index in [0.29, 0.717) is 24.0 Å². The number of ketones is 1. The van der Waals surface area contributed by atoms with Crippen LogP contribution in [0.3, 0.4) is 0 Å². The topological polar surface area (TPSA) is 156 Å². The minimum absolute atomic E-state index is 0.200. The average Bonchev–Trinajstić information content (AvgIpc) is 3.45. The van der Waals surface area contributed by atoms with Crippen molar-refractivity contribution in [3.05, 3.63) is 35.8 Å². The molecule has 0 aromatic carbocycles. The average molecular weight is 601 g/mol. The number of furan rings is 1. The van der Waals surface area contributed by atoms with Crippen molar-refractivity contribution in [3.63, 3.8) is 0 Å². The Kier molecular flexibility index (Phi) is 7.43. The summed E-state index contributed by atoms with van der Waals surface area (Å²) in [7, 11) is 1.25. The first-order valence-electron chi connectivity index (χ1n) is 14.7. The Morgan fingerprint density at radius 1 is 1.16 bits per heavy atom. The molecule has 5 rings (SSSR count). The molecule has 43 heavy (non-hydrogen) atoms. The highest BCUT2D eigenvalue weighted by molar-refractivity contribution is 5.96. The summed E-state index contributed by atoms with van der Waals surface area (Å²) < 4.78 is 28.0. The van der Waals surface area contributed by atoms with Crippen LogP contribution < -0.4 is 0 Å². The maximum atomic E-state index is 14.7. The predicted octanol–water partition coefficient (Wildman–Crippen LogP) is 3.63. The van der Waals surface area contributed by atoms with E-state index >= 15 is 0 Å². The summed E-state index contributed by atoms with van der Waals surface area (Å²) in [5, 5.41) is 12.9. The number of carbonyl (C=O) groups excluding carboxylic acids is 5. The molecule has 11 heteroatoms. The van der Waals surface area contributed by atoms with Crippen LogP contribution in [0.1, 0.15) is 78.9 Å². The second-order valence-corrected chi connectivity index (χ2v) is 13.6. The molecule has 234 valence electrons. The summed E-state index contributed by atoms with van der Waals surface area (Å²) >= 11 is 0. The van der Waals surface area contributed by atoms with E-state index in [4.69, 9.17) is 23.4 Å². The number of hydrogen-bond donors (Lipinski definition) is 1. The highest BCUT2D eigenvalue weighted by Gasteiger charge is 2.76. The van der Waals surface area contributed by atoms with Crippen molar-refractivity contribution in [1.29, 1.82) is 0 Å². The highest BCUT2D eigenvalue weighted by atomic mass is 16.6. The molecule has 0 amide bonds. The van der Waals surface area contributed by atoms with Crippen molar-refractivity contribution in [2.24, 2.45) is 34.5 Å². The Bertz CT molecular complexity index is 1370. The van der Waals surface area contributed by atoms with Crippen LogP contribution in [0.5, 0.6) is 0 Å². The lowest BCUT2D eigenvalue weighted by Gasteiger charge is -2.66. The second-order valence-electron chi connectivity index (χ2n) is 13.6. The largest absolute Gasteiger partial charge is 0.472 e. The molecule has 1 aromatic heterocycles. The van der Waals surface area contributed by atoms with Gasteiger partial charge in [-0.15, -0.1) is 0 Å². The van der Waals surface area contributed by atoms with Crippen molar-refractivity contribution in [2.75, 3.05) is 7.11 Å². The monoisotopic (exact) mass is 600 g/mol. The van der Waals surface area contributed by atoms with Crippen molar-refractivity contribution in [1.82, 2.24) is 0 Å². The quantitative estimate of drug-likeness (QED) is 0.376. The predicted molar refractivity (Wildman–Crippen MR) is 148 cm³/mol. The number of hydrogen-bond acceptors (Lipinski definition) is 11. The highest BCUT2D eigenvalue weighted by Crippen LogP contribution is 2.68. The number of methoxy groups -OCH3 is 1. The Morgan fingerprint density at radius 3 is 2.44 bits per heavy atom. The van der Waals surface area contributed by atoms with E-state index < -0.39 is 94.0 Å². The fourth-order valence-corrected chi connectivity index (χ4v) is 8.49. The van der Waals surface area contributed by atoms with E-state index in [0.717, 1.165) is 6.92 Å². The molecule has 4 aliphatic rings. The van der Waals surface area contributed by atoms with Crippen LogP contribution in [-0.4, -0.2) is 59.2 Å². The van der Waals surface area contributed by atoms with Gasteiger partial charge in [0.15, 0.2) is 11.9 Å². The summed E-state index contributed by atoms with van der Waals surface area (Å²) in [6.07, 6.45) is 2.23. The van der Waals surface area contributed by atoms with Crippen molar-refractivity contribution in [2.45, 2.75) is 90.6 Å². The summed E-state index contributed by atoms with van der Waals surface area (Å²) in [5.74, 6) is -6.26. The van der Waals surface area contributed by atoms with Crippen LogP contribution >= 0.6 is 0 Å². The van der Waals surface area contributed by atoms with E-state index in [9.17, 15) is 29.1 Å². The fraction of sp³-hybridized carbons (Fsp3) is 0.656. The van der Waals surface area contributed by atoms with Crippen LogP contribution in [0.25, 0.3) is 0 Å². The van der Waals surface area contributed by atoms with Gasteiger partial charge in [0.05, 0.1) is 31.2 Å². The minimum Gasteiger partial charge on any atom is -0.472 e. The van der Waals surface area contributed by atoms with E-state index in [1.54, 1.807) is 33.8 Å². The van der Waals surface area contributed by atoms with Crippen molar-refractivity contribution in [3.8, 4) is 0 Å². The Balaban J connectivity index is 1.74. The summed E-state index contributed by atoms with van der Waals surface area (Å²) in [5.41, 5.74) is -4.98. The summed E-state index contributed by atoms with van der Waals surface area (Å²) in [6.45, 7) is 9.87. The maximum absolute atomic E-state index is 14.7. The number of ether oxygens (including phenoxy) is 4.